The highest BCUT2D eigenvalue weighted by molar-refractivity contribution is 7.18. The minimum Gasteiger partial charge on any atom is -0.342 e. The van der Waals surface area contributed by atoms with E-state index in [4.69, 9.17) is 11.6 Å². The van der Waals surface area contributed by atoms with E-state index in [0.29, 0.717) is 9.21 Å². The SMILES string of the molecule is C[C@H](NC(=O)c1ccc(Cl)s1)c1nc(-c2ccncc2)cs1. The van der Waals surface area contributed by atoms with Crippen molar-refractivity contribution in [2.24, 2.45) is 0 Å². The monoisotopic (exact) mass is 349 g/mol. The molecular weight excluding hydrogens is 338 g/mol. The lowest BCUT2D eigenvalue weighted by atomic mass is 10.2. The molecule has 1 amide bonds. The first kappa shape index (κ1) is 15.1. The number of halogens is 1. The van der Waals surface area contributed by atoms with Crippen molar-refractivity contribution < 1.29 is 4.79 Å². The van der Waals surface area contributed by atoms with Gasteiger partial charge in [0.1, 0.15) is 5.01 Å². The second kappa shape index (κ2) is 6.56. The molecule has 7 heteroatoms. The second-order valence-corrected chi connectivity index (χ2v) is 7.21. The third-order valence-corrected chi connectivity index (χ3v) is 5.27. The van der Waals surface area contributed by atoms with Crippen LogP contribution in [0.15, 0.2) is 42.0 Å². The molecule has 0 fully saturated rings. The fraction of sp³-hybridized carbons (Fsp3) is 0.133. The topological polar surface area (TPSA) is 54.9 Å². The minimum atomic E-state index is -0.158. The fourth-order valence-electron chi connectivity index (χ4n) is 1.91. The molecule has 0 radical (unpaired) electrons. The van der Waals surface area contributed by atoms with Crippen molar-refractivity contribution in [3.05, 3.63) is 56.3 Å². The summed E-state index contributed by atoms with van der Waals surface area (Å²) in [6.07, 6.45) is 3.47. The van der Waals surface area contributed by atoms with Crippen LogP contribution < -0.4 is 5.32 Å². The number of rotatable bonds is 4. The summed E-state index contributed by atoms with van der Waals surface area (Å²) in [5.41, 5.74) is 1.91. The van der Waals surface area contributed by atoms with Crippen LogP contribution >= 0.6 is 34.3 Å². The van der Waals surface area contributed by atoms with Crippen molar-refractivity contribution in [2.45, 2.75) is 13.0 Å². The molecule has 0 aromatic carbocycles. The van der Waals surface area contributed by atoms with Crippen molar-refractivity contribution in [1.29, 1.82) is 0 Å². The predicted molar refractivity (Wildman–Crippen MR) is 90.6 cm³/mol. The lowest BCUT2D eigenvalue weighted by molar-refractivity contribution is 0.0944. The number of amides is 1. The van der Waals surface area contributed by atoms with Crippen LogP contribution in [0.3, 0.4) is 0 Å². The van der Waals surface area contributed by atoms with E-state index in [0.717, 1.165) is 16.3 Å². The van der Waals surface area contributed by atoms with Crippen LogP contribution in [0.2, 0.25) is 4.34 Å². The molecule has 0 bridgehead atoms. The van der Waals surface area contributed by atoms with Crippen molar-refractivity contribution in [1.82, 2.24) is 15.3 Å². The number of pyridine rings is 1. The summed E-state index contributed by atoms with van der Waals surface area (Å²) in [4.78, 5) is 21.3. The predicted octanol–water partition coefficient (Wildman–Crippen LogP) is 4.41. The number of thiazole rings is 1. The number of thiophene rings is 1. The summed E-state index contributed by atoms with van der Waals surface area (Å²) in [6, 6.07) is 7.11. The Hall–Kier alpha value is -1.76. The molecule has 112 valence electrons. The standard InChI is InChI=1S/C15H12ClN3OS2/c1-9(18-14(20)12-2-3-13(16)22-12)15-19-11(8-21-15)10-4-6-17-7-5-10/h2-9H,1H3,(H,18,20)/t9-/m0/s1. The molecule has 0 saturated carbocycles. The van der Waals surface area contributed by atoms with Crippen molar-refractivity contribution in [3.8, 4) is 11.3 Å². The van der Waals surface area contributed by atoms with Gasteiger partial charge in [0, 0.05) is 23.3 Å². The Bertz CT molecular complexity index is 785. The minimum absolute atomic E-state index is 0.134. The zero-order valence-corrected chi connectivity index (χ0v) is 14.0. The van der Waals surface area contributed by atoms with E-state index in [9.17, 15) is 4.79 Å². The van der Waals surface area contributed by atoms with Crippen LogP contribution in [-0.2, 0) is 0 Å². The Labute approximate surface area is 140 Å². The summed E-state index contributed by atoms with van der Waals surface area (Å²) < 4.78 is 0.604. The van der Waals surface area contributed by atoms with E-state index in [1.165, 1.54) is 22.7 Å². The van der Waals surface area contributed by atoms with Gasteiger partial charge in [-0.2, -0.15) is 0 Å². The number of nitrogens with zero attached hydrogens (tertiary/aromatic N) is 2. The third-order valence-electron chi connectivity index (χ3n) is 3.01. The Kier molecular flexibility index (Phi) is 4.52. The maximum Gasteiger partial charge on any atom is 0.261 e. The van der Waals surface area contributed by atoms with Gasteiger partial charge in [0.15, 0.2) is 0 Å². The molecule has 0 unspecified atom stereocenters. The molecular formula is C15H12ClN3OS2. The first-order valence-corrected chi connectivity index (χ1v) is 8.63. The molecule has 0 saturated heterocycles. The van der Waals surface area contributed by atoms with Crippen LogP contribution in [0.25, 0.3) is 11.3 Å². The zero-order valence-electron chi connectivity index (χ0n) is 11.6. The molecule has 0 aliphatic rings. The van der Waals surface area contributed by atoms with Crippen molar-refractivity contribution in [2.75, 3.05) is 0 Å². The smallest absolute Gasteiger partial charge is 0.261 e. The first-order valence-electron chi connectivity index (χ1n) is 6.55. The lowest BCUT2D eigenvalue weighted by Gasteiger charge is -2.10. The Balaban J connectivity index is 1.72. The second-order valence-electron chi connectivity index (χ2n) is 4.61. The summed E-state index contributed by atoms with van der Waals surface area (Å²) in [5.74, 6) is -0.134. The van der Waals surface area contributed by atoms with Gasteiger partial charge in [0.2, 0.25) is 0 Å². The molecule has 3 aromatic heterocycles. The largest absolute Gasteiger partial charge is 0.342 e. The van der Waals surface area contributed by atoms with Gasteiger partial charge in [0.05, 0.1) is 20.9 Å². The molecule has 0 aliphatic heterocycles. The number of hydrogen-bond acceptors (Lipinski definition) is 5. The Morgan fingerprint density at radius 3 is 2.73 bits per heavy atom. The molecule has 0 spiro atoms. The van der Waals surface area contributed by atoms with Crippen LogP contribution in [0.5, 0.6) is 0 Å². The average Bonchev–Trinajstić information content (AvgIpc) is 3.17. The van der Waals surface area contributed by atoms with Crippen LogP contribution in [0.1, 0.15) is 27.6 Å². The number of nitrogens with one attached hydrogen (secondary N) is 1. The number of carbonyl (C=O) groups excluding carboxylic acids is 1. The quantitative estimate of drug-likeness (QED) is 0.759. The maximum atomic E-state index is 12.1. The number of carbonyl (C=O) groups is 1. The van der Waals surface area contributed by atoms with Gasteiger partial charge in [0.25, 0.3) is 5.91 Å². The van der Waals surface area contributed by atoms with E-state index in [1.54, 1.807) is 24.5 Å². The van der Waals surface area contributed by atoms with E-state index in [-0.39, 0.29) is 11.9 Å². The molecule has 1 N–H and O–H groups in total. The van der Waals surface area contributed by atoms with Gasteiger partial charge >= 0.3 is 0 Å². The molecule has 3 aromatic rings. The van der Waals surface area contributed by atoms with E-state index in [2.05, 4.69) is 15.3 Å². The van der Waals surface area contributed by atoms with Gasteiger partial charge in [-0.05, 0) is 31.2 Å². The molecule has 1 atom stereocenters. The van der Waals surface area contributed by atoms with Crippen LogP contribution in [0, 0.1) is 0 Å². The highest BCUT2D eigenvalue weighted by atomic mass is 35.5. The summed E-state index contributed by atoms with van der Waals surface area (Å²) in [6.45, 7) is 1.92. The number of hydrogen-bond donors (Lipinski definition) is 1. The third kappa shape index (κ3) is 3.35. The lowest BCUT2D eigenvalue weighted by Crippen LogP contribution is -2.25. The molecule has 0 aliphatic carbocycles. The molecule has 4 nitrogen and oxygen atoms in total. The van der Waals surface area contributed by atoms with Crippen LogP contribution in [-0.4, -0.2) is 15.9 Å². The van der Waals surface area contributed by atoms with E-state index >= 15 is 0 Å². The van der Waals surface area contributed by atoms with Crippen molar-refractivity contribution in [3.63, 3.8) is 0 Å². The van der Waals surface area contributed by atoms with Gasteiger partial charge in [-0.15, -0.1) is 22.7 Å². The van der Waals surface area contributed by atoms with Crippen LogP contribution in [0.4, 0.5) is 0 Å². The number of aromatic nitrogens is 2. The summed E-state index contributed by atoms with van der Waals surface area (Å²) in [7, 11) is 0. The molecule has 3 heterocycles. The maximum absolute atomic E-state index is 12.1. The molecule has 22 heavy (non-hydrogen) atoms. The van der Waals surface area contributed by atoms with Gasteiger partial charge < -0.3 is 5.32 Å². The van der Waals surface area contributed by atoms with E-state index < -0.39 is 0 Å². The summed E-state index contributed by atoms with van der Waals surface area (Å²) in [5, 5.41) is 5.78. The highest BCUT2D eigenvalue weighted by Crippen LogP contribution is 2.26. The average molecular weight is 350 g/mol. The van der Waals surface area contributed by atoms with Gasteiger partial charge in [-0.3, -0.25) is 9.78 Å². The van der Waals surface area contributed by atoms with E-state index in [1.807, 2.05) is 24.4 Å². The van der Waals surface area contributed by atoms with Crippen molar-refractivity contribution >= 4 is 40.2 Å². The van der Waals surface area contributed by atoms with Gasteiger partial charge in [-0.25, -0.2) is 4.98 Å². The highest BCUT2D eigenvalue weighted by Gasteiger charge is 2.16. The Morgan fingerprint density at radius 2 is 2.05 bits per heavy atom. The normalized spacial score (nSPS) is 12.1. The molecule has 3 rings (SSSR count). The Morgan fingerprint density at radius 1 is 1.27 bits per heavy atom. The zero-order chi connectivity index (χ0) is 15.5. The summed E-state index contributed by atoms with van der Waals surface area (Å²) >= 11 is 8.64. The van der Waals surface area contributed by atoms with Gasteiger partial charge in [-0.1, -0.05) is 11.6 Å². The first-order chi connectivity index (χ1) is 10.6. The fourth-order valence-corrected chi connectivity index (χ4v) is 3.69.